The molecule has 0 N–H and O–H groups in total. The van der Waals surface area contributed by atoms with E-state index in [1.54, 1.807) is 0 Å². The van der Waals surface area contributed by atoms with Crippen LogP contribution in [0.25, 0.3) is 33.2 Å². The van der Waals surface area contributed by atoms with Crippen LogP contribution < -0.4 is 15.2 Å². The molecule has 2 heterocycles. The number of hydrogen-bond acceptors (Lipinski definition) is 2. The molecule has 3 nitrogen and oxygen atoms in total. The molecular weight excluding hydrogens is 471 g/mol. The number of rotatable bonds is 4. The fourth-order valence-corrected chi connectivity index (χ4v) is 7.86. The molecule has 4 heteroatoms. The van der Waals surface area contributed by atoms with Gasteiger partial charge in [0, 0.05) is 28.2 Å². The second kappa shape index (κ2) is 9.77. The predicted octanol–water partition coefficient (Wildman–Crippen LogP) is 7.37. The topological polar surface area (TPSA) is 40.8 Å². The highest BCUT2D eigenvalue weighted by Gasteiger charge is 2.25. The summed E-state index contributed by atoms with van der Waals surface area (Å²) in [6, 6.07) is 26.3. The molecule has 0 radical (unpaired) electrons. The summed E-state index contributed by atoms with van der Waals surface area (Å²) < 4.78 is 8.90. The molecule has 5 aromatic rings. The molecule has 0 bridgehead atoms. The summed E-state index contributed by atoms with van der Waals surface area (Å²) in [6.45, 7) is 4.40. The minimum absolute atomic E-state index is 0.695. The molecule has 1 aliphatic rings. The van der Waals surface area contributed by atoms with E-state index in [2.05, 4.69) is 92.1 Å². The van der Waals surface area contributed by atoms with E-state index < -0.39 is 7.92 Å². The highest BCUT2D eigenvalue weighted by molar-refractivity contribution is 7.72. The van der Waals surface area contributed by atoms with Crippen LogP contribution in [0.5, 0.6) is 0 Å². The largest absolute Gasteiger partial charge is 0.454 e. The number of nitrogens with zero attached hydrogens (tertiary/aromatic N) is 2. The molecule has 1 unspecified atom stereocenters. The van der Waals surface area contributed by atoms with Crippen LogP contribution in [0.15, 0.2) is 77.3 Å². The van der Waals surface area contributed by atoms with Gasteiger partial charge in [-0.05, 0) is 74.9 Å². The Morgan fingerprint density at radius 1 is 0.892 bits per heavy atom. The summed E-state index contributed by atoms with van der Waals surface area (Å²) in [5.74, 6) is 0.695. The molecule has 37 heavy (non-hydrogen) atoms. The number of hydrogen-bond donors (Lipinski definition) is 0. The summed E-state index contributed by atoms with van der Waals surface area (Å²) in [4.78, 5) is 0. The van der Waals surface area contributed by atoms with E-state index in [0.717, 1.165) is 38.5 Å². The first kappa shape index (κ1) is 23.9. The quantitative estimate of drug-likeness (QED) is 0.190. The Kier molecular flexibility index (Phi) is 6.31. The van der Waals surface area contributed by atoms with Gasteiger partial charge in [0.1, 0.15) is 18.2 Å². The van der Waals surface area contributed by atoms with Crippen molar-refractivity contribution in [2.75, 3.05) is 6.66 Å². The van der Waals surface area contributed by atoms with Gasteiger partial charge in [0.05, 0.1) is 17.2 Å². The Morgan fingerprint density at radius 3 is 2.35 bits per heavy atom. The van der Waals surface area contributed by atoms with Crippen LogP contribution in [0.1, 0.15) is 54.7 Å². The maximum atomic E-state index is 10.1. The molecule has 6 rings (SSSR count). The number of pyridine rings is 1. The first-order valence-electron chi connectivity index (χ1n) is 13.2. The summed E-state index contributed by atoms with van der Waals surface area (Å²) in [6.07, 6.45) is 8.73. The molecular formula is C33H32N2OP+. The normalized spacial score (nSPS) is 15.2. The van der Waals surface area contributed by atoms with Gasteiger partial charge in [-0.25, -0.2) is 4.57 Å². The maximum absolute atomic E-state index is 10.1. The summed E-state index contributed by atoms with van der Waals surface area (Å²) >= 11 is 0. The van der Waals surface area contributed by atoms with Crippen LogP contribution in [-0.2, 0) is 7.05 Å². The Hall–Kier alpha value is -3.47. The van der Waals surface area contributed by atoms with Crippen molar-refractivity contribution >= 4 is 40.5 Å². The van der Waals surface area contributed by atoms with Crippen molar-refractivity contribution in [1.82, 2.24) is 0 Å². The van der Waals surface area contributed by atoms with E-state index in [9.17, 15) is 5.26 Å². The molecule has 184 valence electrons. The van der Waals surface area contributed by atoms with Crippen molar-refractivity contribution in [3.63, 3.8) is 0 Å². The van der Waals surface area contributed by atoms with Crippen LogP contribution in [0.2, 0.25) is 0 Å². The summed E-state index contributed by atoms with van der Waals surface area (Å²) in [5, 5.41) is 14.6. The van der Waals surface area contributed by atoms with Crippen molar-refractivity contribution in [2.45, 2.75) is 44.9 Å². The standard InChI is InChI=1S/C33H32N2OP/c1-22-12-18-27-28-19-15-25(21-34)33(32(28)36-31(27)30(22)29-11-7-8-20-35(29)2)37(3)26-16-13-24(14-17-26)23-9-5-4-6-10-23/h7-8,11-20,23H,4-6,9-10H2,1-3H3/q+1. The smallest absolute Gasteiger partial charge is 0.216 e. The Morgan fingerprint density at radius 2 is 1.62 bits per heavy atom. The third kappa shape index (κ3) is 4.14. The number of benzene rings is 3. The Balaban J connectivity index is 1.51. The van der Waals surface area contributed by atoms with Crippen molar-refractivity contribution in [2.24, 2.45) is 7.05 Å². The van der Waals surface area contributed by atoms with Gasteiger partial charge in [0.2, 0.25) is 5.69 Å². The third-order valence-corrected chi connectivity index (χ3v) is 10.3. The van der Waals surface area contributed by atoms with Crippen molar-refractivity contribution in [3.05, 3.63) is 89.6 Å². The first-order valence-corrected chi connectivity index (χ1v) is 15.0. The minimum atomic E-state index is -0.763. The lowest BCUT2D eigenvalue weighted by Crippen LogP contribution is -2.30. The molecule has 0 spiro atoms. The zero-order valence-corrected chi connectivity index (χ0v) is 22.7. The summed E-state index contributed by atoms with van der Waals surface area (Å²) in [7, 11) is 1.30. The SMILES string of the molecule is Cc1ccc2c(oc3c(P(C)c4ccc(C5CCCCC5)cc4)c(C#N)ccc32)c1-c1cccc[n+]1C. The lowest BCUT2D eigenvalue weighted by atomic mass is 9.84. The fourth-order valence-electron chi connectivity index (χ4n) is 6.05. The number of aromatic nitrogens is 1. The van der Waals surface area contributed by atoms with E-state index in [1.807, 2.05) is 12.1 Å². The summed E-state index contributed by atoms with van der Waals surface area (Å²) in [5.41, 5.74) is 7.31. The van der Waals surface area contributed by atoms with Crippen molar-refractivity contribution in [1.29, 1.82) is 5.26 Å². The number of fused-ring (bicyclic) bond motifs is 3. The second-order valence-electron chi connectivity index (χ2n) is 10.4. The molecule has 0 amide bonds. The minimum Gasteiger partial charge on any atom is -0.454 e. The molecule has 0 aliphatic heterocycles. The van der Waals surface area contributed by atoms with Gasteiger partial charge < -0.3 is 4.42 Å². The van der Waals surface area contributed by atoms with E-state index in [4.69, 9.17) is 4.42 Å². The average molecular weight is 504 g/mol. The molecule has 2 aromatic heterocycles. The molecule has 1 atom stereocenters. The van der Waals surface area contributed by atoms with E-state index >= 15 is 0 Å². The molecule has 3 aromatic carbocycles. The molecule has 0 saturated heterocycles. The Bertz CT molecular complexity index is 1650. The lowest BCUT2D eigenvalue weighted by Gasteiger charge is -2.23. The highest BCUT2D eigenvalue weighted by atomic mass is 31.1. The molecule has 1 fully saturated rings. The van der Waals surface area contributed by atoms with Gasteiger partial charge in [-0.3, -0.25) is 0 Å². The third-order valence-electron chi connectivity index (χ3n) is 8.12. The molecule has 1 aliphatic carbocycles. The zero-order valence-electron chi connectivity index (χ0n) is 21.8. The van der Waals surface area contributed by atoms with Crippen LogP contribution in [-0.4, -0.2) is 6.66 Å². The van der Waals surface area contributed by atoms with Gasteiger partial charge in [-0.1, -0.05) is 55.7 Å². The van der Waals surface area contributed by atoms with Crippen LogP contribution in [0.3, 0.4) is 0 Å². The van der Waals surface area contributed by atoms with Crippen molar-refractivity contribution in [3.8, 4) is 17.3 Å². The zero-order chi connectivity index (χ0) is 25.5. The number of furan rings is 1. The van der Waals surface area contributed by atoms with Gasteiger partial charge in [-0.15, -0.1) is 0 Å². The van der Waals surface area contributed by atoms with Gasteiger partial charge in [0.25, 0.3) is 0 Å². The van der Waals surface area contributed by atoms with Crippen LogP contribution >= 0.6 is 7.92 Å². The fraction of sp³-hybridized carbons (Fsp3) is 0.273. The Labute approximate surface area is 220 Å². The van der Waals surface area contributed by atoms with Crippen molar-refractivity contribution < 1.29 is 8.98 Å². The lowest BCUT2D eigenvalue weighted by molar-refractivity contribution is -0.660. The van der Waals surface area contributed by atoms with E-state index in [0.29, 0.717) is 11.5 Å². The highest BCUT2D eigenvalue weighted by Crippen LogP contribution is 2.41. The average Bonchev–Trinajstić information content (AvgIpc) is 3.32. The number of aryl methyl sites for hydroxylation is 2. The second-order valence-corrected chi connectivity index (χ2v) is 12.5. The van der Waals surface area contributed by atoms with E-state index in [-0.39, 0.29) is 0 Å². The maximum Gasteiger partial charge on any atom is 0.216 e. The van der Waals surface area contributed by atoms with Gasteiger partial charge in [0.15, 0.2) is 6.20 Å². The predicted molar refractivity (Wildman–Crippen MR) is 154 cm³/mol. The molecule has 1 saturated carbocycles. The van der Waals surface area contributed by atoms with Gasteiger partial charge in [-0.2, -0.15) is 5.26 Å². The number of nitriles is 1. The monoisotopic (exact) mass is 503 g/mol. The van der Waals surface area contributed by atoms with Crippen LogP contribution in [0.4, 0.5) is 0 Å². The first-order chi connectivity index (χ1) is 18.1. The van der Waals surface area contributed by atoms with Crippen LogP contribution in [0, 0.1) is 18.3 Å². The van der Waals surface area contributed by atoms with E-state index in [1.165, 1.54) is 48.5 Å². The van der Waals surface area contributed by atoms with Gasteiger partial charge >= 0.3 is 0 Å².